The van der Waals surface area contributed by atoms with Gasteiger partial charge in [-0.1, -0.05) is 19.1 Å². The van der Waals surface area contributed by atoms with Gasteiger partial charge in [0, 0.05) is 25.2 Å². The standard InChI is InChI=1S/C17H17F2NO/c1-12(17(21)15-5-3-4-6-16(15)19)11-20(2)14-9-7-13(18)8-10-14/h3-10,12H,11H2,1-2H3. The van der Waals surface area contributed by atoms with Gasteiger partial charge in [-0.2, -0.15) is 0 Å². The Morgan fingerprint density at radius 3 is 2.33 bits per heavy atom. The second-order valence-corrected chi connectivity index (χ2v) is 5.10. The average Bonchev–Trinajstić information content (AvgIpc) is 2.47. The molecule has 0 amide bonds. The van der Waals surface area contributed by atoms with Crippen molar-refractivity contribution in [3.63, 3.8) is 0 Å². The molecule has 4 heteroatoms. The summed E-state index contributed by atoms with van der Waals surface area (Å²) in [5.41, 5.74) is 0.919. The minimum Gasteiger partial charge on any atom is -0.374 e. The number of hydrogen-bond donors (Lipinski definition) is 0. The molecule has 0 fully saturated rings. The van der Waals surface area contributed by atoms with E-state index >= 15 is 0 Å². The normalized spacial score (nSPS) is 12.0. The zero-order valence-corrected chi connectivity index (χ0v) is 12.0. The zero-order valence-electron chi connectivity index (χ0n) is 12.0. The minimum absolute atomic E-state index is 0.109. The van der Waals surface area contributed by atoms with Crippen LogP contribution >= 0.6 is 0 Å². The van der Waals surface area contributed by atoms with Crippen molar-refractivity contribution in [3.05, 3.63) is 65.7 Å². The van der Waals surface area contributed by atoms with E-state index in [4.69, 9.17) is 0 Å². The van der Waals surface area contributed by atoms with Gasteiger partial charge in [-0.25, -0.2) is 8.78 Å². The van der Waals surface area contributed by atoms with Crippen LogP contribution in [0, 0.1) is 17.6 Å². The van der Waals surface area contributed by atoms with Gasteiger partial charge in [0.15, 0.2) is 5.78 Å². The summed E-state index contributed by atoms with van der Waals surface area (Å²) < 4.78 is 26.5. The van der Waals surface area contributed by atoms with Crippen LogP contribution < -0.4 is 4.90 Å². The van der Waals surface area contributed by atoms with Crippen molar-refractivity contribution in [2.75, 3.05) is 18.5 Å². The van der Waals surface area contributed by atoms with E-state index < -0.39 is 5.82 Å². The van der Waals surface area contributed by atoms with E-state index in [1.807, 2.05) is 11.9 Å². The first-order chi connectivity index (χ1) is 9.99. The van der Waals surface area contributed by atoms with E-state index in [0.717, 1.165) is 5.69 Å². The number of hydrogen-bond acceptors (Lipinski definition) is 2. The summed E-state index contributed by atoms with van der Waals surface area (Å²) in [6, 6.07) is 12.0. The lowest BCUT2D eigenvalue weighted by Gasteiger charge is -2.23. The van der Waals surface area contributed by atoms with Gasteiger partial charge in [0.05, 0.1) is 5.56 Å². The summed E-state index contributed by atoms with van der Waals surface area (Å²) >= 11 is 0. The topological polar surface area (TPSA) is 20.3 Å². The molecular weight excluding hydrogens is 272 g/mol. The molecule has 0 radical (unpaired) electrons. The lowest BCUT2D eigenvalue weighted by atomic mass is 9.98. The van der Waals surface area contributed by atoms with E-state index in [1.54, 1.807) is 31.2 Å². The summed E-state index contributed by atoms with van der Waals surface area (Å²) in [5, 5.41) is 0. The Labute approximate surface area is 123 Å². The van der Waals surface area contributed by atoms with E-state index in [9.17, 15) is 13.6 Å². The second kappa shape index (κ2) is 6.48. The van der Waals surface area contributed by atoms with Crippen LogP contribution in [0.15, 0.2) is 48.5 Å². The first kappa shape index (κ1) is 15.2. The van der Waals surface area contributed by atoms with Crippen molar-refractivity contribution in [3.8, 4) is 0 Å². The maximum atomic E-state index is 13.6. The SMILES string of the molecule is CC(CN(C)c1ccc(F)cc1)C(=O)c1ccccc1F. The molecule has 2 aromatic rings. The van der Waals surface area contributed by atoms with Crippen LogP contribution in [0.4, 0.5) is 14.5 Å². The third kappa shape index (κ3) is 3.66. The van der Waals surface area contributed by atoms with Gasteiger partial charge >= 0.3 is 0 Å². The van der Waals surface area contributed by atoms with Gasteiger partial charge in [0.25, 0.3) is 0 Å². The number of benzene rings is 2. The van der Waals surface area contributed by atoms with Crippen LogP contribution in [0.2, 0.25) is 0 Å². The van der Waals surface area contributed by atoms with E-state index in [0.29, 0.717) is 6.54 Å². The predicted octanol–water partition coefficient (Wildman–Crippen LogP) is 3.92. The van der Waals surface area contributed by atoms with E-state index in [1.165, 1.54) is 24.3 Å². The quantitative estimate of drug-likeness (QED) is 0.778. The molecule has 0 aliphatic carbocycles. The Morgan fingerprint density at radius 1 is 1.10 bits per heavy atom. The van der Waals surface area contributed by atoms with Crippen molar-refractivity contribution < 1.29 is 13.6 Å². The Kier molecular flexibility index (Phi) is 4.68. The van der Waals surface area contributed by atoms with Crippen molar-refractivity contribution in [1.29, 1.82) is 0 Å². The maximum Gasteiger partial charge on any atom is 0.170 e. The molecule has 0 saturated heterocycles. The molecule has 2 rings (SSSR count). The van der Waals surface area contributed by atoms with Gasteiger partial charge in [-0.3, -0.25) is 4.79 Å². The Bertz CT molecular complexity index is 625. The third-order valence-electron chi connectivity index (χ3n) is 3.40. The van der Waals surface area contributed by atoms with Crippen LogP contribution in [0.5, 0.6) is 0 Å². The van der Waals surface area contributed by atoms with Gasteiger partial charge in [0.1, 0.15) is 11.6 Å². The van der Waals surface area contributed by atoms with Crippen molar-refractivity contribution in [1.82, 2.24) is 0 Å². The predicted molar refractivity (Wildman–Crippen MR) is 79.6 cm³/mol. The molecule has 2 nitrogen and oxygen atoms in total. The molecule has 1 atom stereocenters. The molecule has 1 unspecified atom stereocenters. The van der Waals surface area contributed by atoms with Crippen molar-refractivity contribution in [2.45, 2.75) is 6.92 Å². The fourth-order valence-corrected chi connectivity index (χ4v) is 2.22. The molecule has 0 aliphatic rings. The van der Waals surface area contributed by atoms with E-state index in [-0.39, 0.29) is 23.1 Å². The highest BCUT2D eigenvalue weighted by molar-refractivity contribution is 5.98. The molecule has 0 bridgehead atoms. The number of halogens is 2. The second-order valence-electron chi connectivity index (χ2n) is 5.10. The smallest absolute Gasteiger partial charge is 0.170 e. The Balaban J connectivity index is 2.07. The third-order valence-corrected chi connectivity index (χ3v) is 3.40. The maximum absolute atomic E-state index is 13.6. The van der Waals surface area contributed by atoms with Gasteiger partial charge in [0.2, 0.25) is 0 Å². The summed E-state index contributed by atoms with van der Waals surface area (Å²) in [5.74, 6) is -1.40. The first-order valence-electron chi connectivity index (χ1n) is 6.74. The number of ketones is 1. The fraction of sp³-hybridized carbons (Fsp3) is 0.235. The Morgan fingerprint density at radius 2 is 1.71 bits per heavy atom. The van der Waals surface area contributed by atoms with Crippen LogP contribution in [0.25, 0.3) is 0 Å². The summed E-state index contributed by atoms with van der Waals surface area (Å²) in [6.45, 7) is 2.19. The zero-order chi connectivity index (χ0) is 15.4. The number of rotatable bonds is 5. The highest BCUT2D eigenvalue weighted by Crippen LogP contribution is 2.18. The highest BCUT2D eigenvalue weighted by atomic mass is 19.1. The number of Topliss-reactive ketones (excluding diaryl/α,β-unsaturated/α-hetero) is 1. The highest BCUT2D eigenvalue weighted by Gasteiger charge is 2.20. The molecule has 0 N–H and O–H groups in total. The van der Waals surface area contributed by atoms with Crippen LogP contribution in [0.3, 0.4) is 0 Å². The summed E-state index contributed by atoms with van der Waals surface area (Å²) in [4.78, 5) is 14.1. The summed E-state index contributed by atoms with van der Waals surface area (Å²) in [6.07, 6.45) is 0. The molecule has 0 saturated carbocycles. The van der Waals surface area contributed by atoms with E-state index in [2.05, 4.69) is 0 Å². The molecule has 110 valence electrons. The van der Waals surface area contributed by atoms with Gasteiger partial charge in [-0.05, 0) is 36.4 Å². The number of nitrogens with zero attached hydrogens (tertiary/aromatic N) is 1. The largest absolute Gasteiger partial charge is 0.374 e. The number of carbonyl (C=O) groups excluding carboxylic acids is 1. The number of carbonyl (C=O) groups is 1. The Hall–Kier alpha value is -2.23. The fourth-order valence-electron chi connectivity index (χ4n) is 2.22. The van der Waals surface area contributed by atoms with Crippen molar-refractivity contribution in [2.24, 2.45) is 5.92 Å². The summed E-state index contributed by atoms with van der Waals surface area (Å²) in [7, 11) is 1.82. The molecule has 21 heavy (non-hydrogen) atoms. The minimum atomic E-state index is -0.501. The van der Waals surface area contributed by atoms with Crippen LogP contribution in [-0.4, -0.2) is 19.4 Å². The molecular formula is C17H17F2NO. The molecule has 0 aromatic heterocycles. The van der Waals surface area contributed by atoms with Crippen LogP contribution in [0.1, 0.15) is 17.3 Å². The van der Waals surface area contributed by atoms with Crippen molar-refractivity contribution >= 4 is 11.5 Å². The lowest BCUT2D eigenvalue weighted by molar-refractivity contribution is 0.0929. The van der Waals surface area contributed by atoms with Gasteiger partial charge < -0.3 is 4.90 Å². The lowest BCUT2D eigenvalue weighted by Crippen LogP contribution is -2.29. The van der Waals surface area contributed by atoms with Gasteiger partial charge in [-0.15, -0.1) is 0 Å². The number of anilines is 1. The van der Waals surface area contributed by atoms with Crippen LogP contribution in [-0.2, 0) is 0 Å². The monoisotopic (exact) mass is 289 g/mol. The molecule has 0 spiro atoms. The average molecular weight is 289 g/mol. The molecule has 2 aromatic carbocycles. The molecule has 0 aliphatic heterocycles. The molecule has 0 heterocycles. The first-order valence-corrected chi connectivity index (χ1v) is 6.74.